The Bertz CT molecular complexity index is 1180. The van der Waals surface area contributed by atoms with Crippen molar-refractivity contribution in [3.8, 4) is 0 Å². The monoisotopic (exact) mass is 404 g/mol. The molecule has 0 bridgehead atoms. The smallest absolute Gasteiger partial charge is 0.345 e. The highest BCUT2D eigenvalue weighted by Crippen LogP contribution is 2.42. The zero-order chi connectivity index (χ0) is 21.3. The van der Waals surface area contributed by atoms with Gasteiger partial charge in [-0.15, -0.1) is 0 Å². The molecule has 2 aromatic carbocycles. The molecule has 4 rings (SSSR count). The molecule has 3 aromatic rings. The zero-order valence-corrected chi connectivity index (χ0v) is 17.2. The highest BCUT2D eigenvalue weighted by atomic mass is 16.4. The molecule has 1 aliphatic rings. The minimum atomic E-state index is -0.499. The molecular formula is C23H24N4O3. The number of urea groups is 1. The number of benzene rings is 2. The van der Waals surface area contributed by atoms with E-state index in [1.807, 2.05) is 31.3 Å². The molecule has 0 unspecified atom stereocenters. The van der Waals surface area contributed by atoms with Crippen molar-refractivity contribution < 1.29 is 9.21 Å². The third-order valence-electron chi connectivity index (χ3n) is 5.47. The van der Waals surface area contributed by atoms with Crippen LogP contribution in [0.2, 0.25) is 0 Å². The van der Waals surface area contributed by atoms with E-state index in [4.69, 9.17) is 4.42 Å². The predicted molar refractivity (Wildman–Crippen MR) is 120 cm³/mol. The summed E-state index contributed by atoms with van der Waals surface area (Å²) in [5, 5.41) is 7.35. The van der Waals surface area contributed by atoms with Gasteiger partial charge in [0.05, 0.1) is 11.8 Å². The Balaban J connectivity index is 1.60. The first kappa shape index (κ1) is 19.7. The van der Waals surface area contributed by atoms with Gasteiger partial charge in [-0.2, -0.15) is 5.10 Å². The summed E-state index contributed by atoms with van der Waals surface area (Å²) in [6.07, 6.45) is 2.27. The molecular weight excluding hydrogens is 380 g/mol. The molecule has 0 spiro atoms. The van der Waals surface area contributed by atoms with Crippen LogP contribution in [0.4, 0.5) is 16.2 Å². The standard InChI is InChI=1S/C23H24N4O3/c1-23(2)11-12-27(3)18-10-9-15-13-16(21(28)30-20(15)19(18)23)14-24-26-22(29)25-17-7-5-4-6-8-17/h4-10,13-14H,11-12H2,1-3H3,(H2,25,26,29)/b24-14+. The first-order valence-corrected chi connectivity index (χ1v) is 9.83. The second kappa shape index (κ2) is 7.67. The van der Waals surface area contributed by atoms with Gasteiger partial charge in [0.15, 0.2) is 0 Å². The summed E-state index contributed by atoms with van der Waals surface area (Å²) in [5.74, 6) is 0. The lowest BCUT2D eigenvalue weighted by atomic mass is 9.77. The van der Waals surface area contributed by atoms with Crippen molar-refractivity contribution in [1.29, 1.82) is 0 Å². The van der Waals surface area contributed by atoms with Gasteiger partial charge in [0.25, 0.3) is 0 Å². The number of amides is 2. The van der Waals surface area contributed by atoms with E-state index in [2.05, 4.69) is 40.7 Å². The SMILES string of the molecule is CN1CCC(C)(C)c2c1ccc1cc(/C=N/NC(=O)Nc3ccccc3)c(=O)oc21. The van der Waals surface area contributed by atoms with Crippen molar-refractivity contribution in [2.24, 2.45) is 5.10 Å². The third-order valence-corrected chi connectivity index (χ3v) is 5.47. The molecule has 30 heavy (non-hydrogen) atoms. The maximum absolute atomic E-state index is 12.6. The van der Waals surface area contributed by atoms with Crippen LogP contribution in [0, 0.1) is 0 Å². The minimum absolute atomic E-state index is 0.0933. The van der Waals surface area contributed by atoms with Crippen LogP contribution in [0.1, 0.15) is 31.4 Å². The molecule has 7 nitrogen and oxygen atoms in total. The largest absolute Gasteiger partial charge is 0.422 e. The van der Waals surface area contributed by atoms with Gasteiger partial charge in [-0.1, -0.05) is 32.0 Å². The number of carbonyl (C=O) groups is 1. The van der Waals surface area contributed by atoms with Crippen molar-refractivity contribution in [1.82, 2.24) is 5.43 Å². The second-order valence-corrected chi connectivity index (χ2v) is 8.11. The summed E-state index contributed by atoms with van der Waals surface area (Å²) in [6, 6.07) is 14.3. The van der Waals surface area contributed by atoms with Crippen LogP contribution >= 0.6 is 0 Å². The summed E-state index contributed by atoms with van der Waals surface area (Å²) < 4.78 is 5.73. The summed E-state index contributed by atoms with van der Waals surface area (Å²) in [4.78, 5) is 26.7. The van der Waals surface area contributed by atoms with Gasteiger partial charge in [-0.3, -0.25) is 0 Å². The Labute approximate surface area is 174 Å². The topological polar surface area (TPSA) is 86.9 Å². The van der Waals surface area contributed by atoms with E-state index in [-0.39, 0.29) is 11.0 Å². The maximum atomic E-state index is 12.6. The van der Waals surface area contributed by atoms with Crippen molar-refractivity contribution in [2.75, 3.05) is 23.8 Å². The molecule has 0 saturated carbocycles. The van der Waals surface area contributed by atoms with Gasteiger partial charge in [0.1, 0.15) is 5.58 Å². The molecule has 0 saturated heterocycles. The van der Waals surface area contributed by atoms with E-state index in [0.717, 1.165) is 29.6 Å². The van der Waals surface area contributed by atoms with Crippen LogP contribution in [-0.4, -0.2) is 25.8 Å². The fraction of sp³-hybridized carbons (Fsp3) is 0.261. The lowest BCUT2D eigenvalue weighted by Crippen LogP contribution is -2.35. The molecule has 1 aromatic heterocycles. The number of fused-ring (bicyclic) bond motifs is 3. The Kier molecular flexibility index (Phi) is 5.03. The number of carbonyl (C=O) groups excluding carboxylic acids is 1. The highest BCUT2D eigenvalue weighted by Gasteiger charge is 2.33. The predicted octanol–water partition coefficient (Wildman–Crippen LogP) is 4.07. The molecule has 7 heteroatoms. The van der Waals surface area contributed by atoms with E-state index in [0.29, 0.717) is 11.3 Å². The average molecular weight is 404 g/mol. The van der Waals surface area contributed by atoms with Crippen LogP contribution in [0.5, 0.6) is 0 Å². The first-order valence-electron chi connectivity index (χ1n) is 9.83. The summed E-state index contributed by atoms with van der Waals surface area (Å²) in [5.41, 5.74) is 5.43. The number of rotatable bonds is 3. The molecule has 154 valence electrons. The van der Waals surface area contributed by atoms with Crippen molar-refractivity contribution in [3.05, 3.63) is 70.1 Å². The quantitative estimate of drug-likeness (QED) is 0.391. The van der Waals surface area contributed by atoms with E-state index in [1.54, 1.807) is 18.2 Å². The average Bonchev–Trinajstić information content (AvgIpc) is 2.71. The van der Waals surface area contributed by atoms with Gasteiger partial charge >= 0.3 is 11.7 Å². The van der Waals surface area contributed by atoms with Crippen molar-refractivity contribution >= 4 is 34.6 Å². The van der Waals surface area contributed by atoms with Crippen molar-refractivity contribution in [3.63, 3.8) is 0 Å². The number of anilines is 2. The summed E-state index contributed by atoms with van der Waals surface area (Å²) >= 11 is 0. The van der Waals surface area contributed by atoms with Gasteiger partial charge < -0.3 is 14.6 Å². The summed E-state index contributed by atoms with van der Waals surface area (Å²) in [7, 11) is 2.05. The molecule has 0 atom stereocenters. The number of para-hydroxylation sites is 1. The Morgan fingerprint density at radius 2 is 1.97 bits per heavy atom. The Hall–Kier alpha value is -3.61. The van der Waals surface area contributed by atoms with Crippen LogP contribution < -0.4 is 21.3 Å². The molecule has 0 fully saturated rings. The summed E-state index contributed by atoms with van der Waals surface area (Å²) in [6.45, 7) is 5.29. The number of hydrazone groups is 1. The number of nitrogens with zero attached hydrogens (tertiary/aromatic N) is 2. The molecule has 0 radical (unpaired) electrons. The zero-order valence-electron chi connectivity index (χ0n) is 17.2. The van der Waals surface area contributed by atoms with Gasteiger partial charge in [0.2, 0.25) is 0 Å². The fourth-order valence-electron chi connectivity index (χ4n) is 3.79. The fourth-order valence-corrected chi connectivity index (χ4v) is 3.79. The number of hydrogen-bond donors (Lipinski definition) is 2. The number of nitrogens with one attached hydrogen (secondary N) is 2. The molecule has 0 aliphatic carbocycles. The minimum Gasteiger partial charge on any atom is -0.422 e. The van der Waals surface area contributed by atoms with Crippen LogP contribution in [0.15, 0.2) is 62.8 Å². The third kappa shape index (κ3) is 3.78. The van der Waals surface area contributed by atoms with Crippen LogP contribution in [-0.2, 0) is 5.41 Å². The molecule has 1 aliphatic heterocycles. The highest BCUT2D eigenvalue weighted by molar-refractivity contribution is 5.93. The van der Waals surface area contributed by atoms with Crippen molar-refractivity contribution in [2.45, 2.75) is 25.7 Å². The van der Waals surface area contributed by atoms with Crippen LogP contribution in [0.25, 0.3) is 11.0 Å². The molecule has 2 amide bonds. The van der Waals surface area contributed by atoms with E-state index >= 15 is 0 Å². The van der Waals surface area contributed by atoms with Crippen LogP contribution in [0.3, 0.4) is 0 Å². The van der Waals surface area contributed by atoms with Gasteiger partial charge in [-0.25, -0.2) is 15.0 Å². The second-order valence-electron chi connectivity index (χ2n) is 8.11. The Morgan fingerprint density at radius 3 is 2.73 bits per heavy atom. The molecule has 2 N–H and O–H groups in total. The number of hydrogen-bond acceptors (Lipinski definition) is 5. The van der Waals surface area contributed by atoms with Gasteiger partial charge in [-0.05, 0) is 42.2 Å². The van der Waals surface area contributed by atoms with E-state index < -0.39 is 11.7 Å². The van der Waals surface area contributed by atoms with E-state index in [9.17, 15) is 9.59 Å². The normalized spacial score (nSPS) is 15.2. The van der Waals surface area contributed by atoms with Gasteiger partial charge in [0, 0.05) is 35.9 Å². The lowest BCUT2D eigenvalue weighted by Gasteiger charge is -2.38. The maximum Gasteiger partial charge on any atom is 0.345 e. The molecule has 2 heterocycles. The lowest BCUT2D eigenvalue weighted by molar-refractivity contribution is 0.252. The first-order chi connectivity index (χ1) is 14.3. The van der Waals surface area contributed by atoms with E-state index in [1.165, 1.54) is 6.21 Å². The Morgan fingerprint density at radius 1 is 1.20 bits per heavy atom.